The van der Waals surface area contributed by atoms with Crippen molar-refractivity contribution in [1.82, 2.24) is 4.25 Å². The van der Waals surface area contributed by atoms with Gasteiger partial charge >= 0.3 is 7.75 Å². The summed E-state index contributed by atoms with van der Waals surface area (Å²) in [6.45, 7) is 0. The van der Waals surface area contributed by atoms with E-state index in [1.807, 2.05) is 0 Å². The fourth-order valence-corrected chi connectivity index (χ4v) is 4.29. The summed E-state index contributed by atoms with van der Waals surface area (Å²) in [6.07, 6.45) is 0. The standard InChI is InChI=1S/C18H15N2O5P/c21-19(22)15-8-7-13-18(14-15)20(26(23,24)25,16-9-3-1-4-10-16)17-11-5-2-6-12-17/h1-14H,(H-,23,24,25)/p+1. The Hall–Kier alpha value is -2.83. The summed E-state index contributed by atoms with van der Waals surface area (Å²) in [7, 11) is -4.91. The summed E-state index contributed by atoms with van der Waals surface area (Å²) in [6, 6.07) is 21.9. The topological polar surface area (TPSA) is 101 Å². The molecule has 0 aliphatic carbocycles. The zero-order valence-electron chi connectivity index (χ0n) is 13.5. The Labute approximate surface area is 149 Å². The molecule has 3 rings (SSSR count). The van der Waals surface area contributed by atoms with Crippen LogP contribution in [0.15, 0.2) is 84.9 Å². The lowest BCUT2D eigenvalue weighted by Gasteiger charge is -2.36. The molecule has 0 aromatic heterocycles. The summed E-state index contributed by atoms with van der Waals surface area (Å²) in [5, 5.41) is 11.2. The zero-order valence-corrected chi connectivity index (χ0v) is 14.4. The number of hydrogen-bond acceptors (Lipinski definition) is 3. The van der Waals surface area contributed by atoms with Crippen LogP contribution < -0.4 is 4.25 Å². The largest absolute Gasteiger partial charge is 0.541 e. The molecule has 0 amide bonds. The molecule has 0 saturated carbocycles. The number of quaternary nitrogens is 1. The van der Waals surface area contributed by atoms with Crippen molar-refractivity contribution < 1.29 is 19.3 Å². The minimum atomic E-state index is -4.91. The molecule has 0 aliphatic rings. The number of hydrogen-bond donors (Lipinski definition) is 2. The molecule has 0 heterocycles. The number of nitro benzene ring substituents is 1. The first-order chi connectivity index (χ1) is 12.4. The highest BCUT2D eigenvalue weighted by Crippen LogP contribution is 2.63. The minimum Gasteiger partial charge on any atom is -0.278 e. The van der Waals surface area contributed by atoms with Gasteiger partial charge in [0, 0.05) is 36.4 Å². The van der Waals surface area contributed by atoms with E-state index in [1.165, 1.54) is 24.3 Å². The van der Waals surface area contributed by atoms with Crippen LogP contribution in [0.5, 0.6) is 0 Å². The van der Waals surface area contributed by atoms with Crippen LogP contribution in [0.3, 0.4) is 0 Å². The Morgan fingerprint density at radius 2 is 1.23 bits per heavy atom. The maximum Gasteiger partial charge on any atom is 0.541 e. The van der Waals surface area contributed by atoms with Gasteiger partial charge in [-0.05, 0) is 6.07 Å². The highest BCUT2D eigenvalue weighted by atomic mass is 31.2. The minimum absolute atomic E-state index is 0.102. The van der Waals surface area contributed by atoms with Crippen molar-refractivity contribution >= 4 is 30.5 Å². The Morgan fingerprint density at radius 1 is 0.769 bits per heavy atom. The Bertz CT molecular complexity index is 934. The summed E-state index contributed by atoms with van der Waals surface area (Å²) in [5.41, 5.74) is 0.454. The molecule has 2 N–H and O–H groups in total. The second kappa shape index (κ2) is 6.82. The average molecular weight is 371 g/mol. The van der Waals surface area contributed by atoms with Crippen LogP contribution in [0.2, 0.25) is 0 Å². The fourth-order valence-electron chi connectivity index (χ4n) is 2.99. The molecule has 3 aromatic carbocycles. The molecular formula is C18H16N2O5P+. The first-order valence-electron chi connectivity index (χ1n) is 7.68. The van der Waals surface area contributed by atoms with Gasteiger partial charge in [0.1, 0.15) is 11.4 Å². The van der Waals surface area contributed by atoms with Crippen molar-refractivity contribution in [3.8, 4) is 0 Å². The number of non-ortho nitro benzene ring substituents is 1. The number of nitro groups is 1. The first kappa shape index (κ1) is 18.0. The number of para-hydroxylation sites is 2. The van der Waals surface area contributed by atoms with E-state index >= 15 is 0 Å². The maximum atomic E-state index is 12.8. The van der Waals surface area contributed by atoms with Crippen LogP contribution in [0.1, 0.15) is 0 Å². The average Bonchev–Trinajstić information content (AvgIpc) is 2.63. The molecule has 0 atom stereocenters. The summed E-state index contributed by atoms with van der Waals surface area (Å²) in [4.78, 5) is 31.5. The molecular weight excluding hydrogens is 355 g/mol. The molecule has 0 spiro atoms. The van der Waals surface area contributed by atoms with Gasteiger partial charge in [0.05, 0.1) is 11.0 Å². The van der Waals surface area contributed by atoms with Gasteiger partial charge in [-0.1, -0.05) is 36.4 Å². The van der Waals surface area contributed by atoms with Crippen LogP contribution in [0.25, 0.3) is 0 Å². The molecule has 3 aromatic rings. The smallest absolute Gasteiger partial charge is 0.278 e. The fraction of sp³-hybridized carbons (Fsp3) is 0. The SMILES string of the molecule is O=[N+]([O-])c1cccc([N+](c2ccccc2)(c2ccccc2)P(=O)(O)O)c1. The van der Waals surface area contributed by atoms with Gasteiger partial charge in [0.2, 0.25) is 0 Å². The molecule has 8 heteroatoms. The van der Waals surface area contributed by atoms with Crippen LogP contribution in [0.4, 0.5) is 22.7 Å². The third kappa shape index (κ3) is 2.94. The summed E-state index contributed by atoms with van der Waals surface area (Å²) < 4.78 is 11.9. The normalized spacial score (nSPS) is 11.9. The number of benzene rings is 3. The highest BCUT2D eigenvalue weighted by molar-refractivity contribution is 7.52. The zero-order chi connectivity index (χ0) is 18.8. The summed E-state index contributed by atoms with van der Waals surface area (Å²) in [5.74, 6) is 0. The third-order valence-electron chi connectivity index (χ3n) is 4.06. The monoisotopic (exact) mass is 371 g/mol. The van der Waals surface area contributed by atoms with Crippen LogP contribution in [-0.2, 0) is 4.57 Å². The highest BCUT2D eigenvalue weighted by Gasteiger charge is 2.53. The van der Waals surface area contributed by atoms with E-state index in [4.69, 9.17) is 0 Å². The van der Waals surface area contributed by atoms with Gasteiger partial charge < -0.3 is 0 Å². The van der Waals surface area contributed by atoms with Gasteiger partial charge in [-0.3, -0.25) is 19.9 Å². The Kier molecular flexibility index (Phi) is 4.71. The first-order valence-corrected chi connectivity index (χ1v) is 9.25. The van der Waals surface area contributed by atoms with Crippen molar-refractivity contribution in [2.75, 3.05) is 0 Å². The predicted molar refractivity (Wildman–Crippen MR) is 99.1 cm³/mol. The van der Waals surface area contributed by atoms with Crippen LogP contribution >= 0.6 is 7.75 Å². The second-order valence-corrected chi connectivity index (χ2v) is 7.22. The molecule has 0 unspecified atom stereocenters. The lowest BCUT2D eigenvalue weighted by molar-refractivity contribution is -0.384. The number of nitrogens with zero attached hydrogens (tertiary/aromatic N) is 2. The molecule has 26 heavy (non-hydrogen) atoms. The van der Waals surface area contributed by atoms with Gasteiger partial charge in [-0.25, -0.2) is 4.57 Å². The van der Waals surface area contributed by atoms with E-state index in [1.54, 1.807) is 60.7 Å². The van der Waals surface area contributed by atoms with E-state index in [0.29, 0.717) is 11.4 Å². The molecule has 0 bridgehead atoms. The molecule has 0 aliphatic heterocycles. The van der Waals surface area contributed by atoms with Crippen LogP contribution in [0, 0.1) is 10.1 Å². The van der Waals surface area contributed by atoms with Crippen molar-refractivity contribution in [2.45, 2.75) is 0 Å². The molecule has 0 saturated heterocycles. The van der Waals surface area contributed by atoms with Gasteiger partial charge in [0.15, 0.2) is 5.69 Å². The maximum absolute atomic E-state index is 12.8. The van der Waals surface area contributed by atoms with Crippen molar-refractivity contribution in [3.63, 3.8) is 0 Å². The van der Waals surface area contributed by atoms with Crippen LogP contribution in [-0.4, -0.2) is 14.7 Å². The second-order valence-electron chi connectivity index (χ2n) is 5.60. The van der Waals surface area contributed by atoms with Crippen molar-refractivity contribution in [2.24, 2.45) is 0 Å². The van der Waals surface area contributed by atoms with E-state index < -0.39 is 16.9 Å². The molecule has 132 valence electrons. The van der Waals surface area contributed by atoms with Gasteiger partial charge in [-0.2, -0.15) is 0 Å². The van der Waals surface area contributed by atoms with Crippen molar-refractivity contribution in [1.29, 1.82) is 0 Å². The molecule has 7 nitrogen and oxygen atoms in total. The lowest BCUT2D eigenvalue weighted by atomic mass is 10.2. The van der Waals surface area contributed by atoms with Crippen molar-refractivity contribution in [3.05, 3.63) is 95.0 Å². The quantitative estimate of drug-likeness (QED) is 0.386. The molecule has 0 radical (unpaired) electrons. The Morgan fingerprint density at radius 3 is 1.65 bits per heavy atom. The predicted octanol–water partition coefficient (Wildman–Crippen LogP) is 4.66. The van der Waals surface area contributed by atoms with Gasteiger partial charge in [-0.15, -0.1) is 4.25 Å². The summed E-state index contributed by atoms with van der Waals surface area (Å²) >= 11 is 0. The molecule has 0 fully saturated rings. The Balaban J connectivity index is 2.45. The number of rotatable bonds is 5. The lowest BCUT2D eigenvalue weighted by Crippen LogP contribution is -2.35. The van der Waals surface area contributed by atoms with E-state index in [0.717, 1.165) is 0 Å². The van der Waals surface area contributed by atoms with E-state index in [2.05, 4.69) is 0 Å². The van der Waals surface area contributed by atoms with Gasteiger partial charge in [0.25, 0.3) is 5.69 Å². The van der Waals surface area contributed by atoms with E-state index in [-0.39, 0.29) is 11.4 Å². The third-order valence-corrected chi connectivity index (χ3v) is 5.54. The van der Waals surface area contributed by atoms with E-state index in [9.17, 15) is 24.5 Å².